The van der Waals surface area contributed by atoms with E-state index in [0.717, 1.165) is 24.4 Å². The van der Waals surface area contributed by atoms with Gasteiger partial charge in [0.25, 0.3) is 11.8 Å². The van der Waals surface area contributed by atoms with Crippen molar-refractivity contribution in [3.8, 4) is 11.5 Å². The Labute approximate surface area is 164 Å². The van der Waals surface area contributed by atoms with E-state index in [1.807, 2.05) is 4.90 Å². The van der Waals surface area contributed by atoms with Gasteiger partial charge in [-0.1, -0.05) is 9.64 Å². The molecule has 1 aliphatic rings. The number of amides is 2. The van der Waals surface area contributed by atoms with E-state index in [9.17, 15) is 9.59 Å². The predicted molar refractivity (Wildman–Crippen MR) is 99.8 cm³/mol. The van der Waals surface area contributed by atoms with E-state index in [0.29, 0.717) is 47.6 Å². The zero-order chi connectivity index (χ0) is 19.5. The molecule has 1 saturated heterocycles. The lowest BCUT2D eigenvalue weighted by molar-refractivity contribution is 0.0687. The highest BCUT2D eigenvalue weighted by Gasteiger charge is 2.26. The molecular weight excluding hydrogens is 382 g/mol. The fourth-order valence-corrected chi connectivity index (χ4v) is 3.78. The summed E-state index contributed by atoms with van der Waals surface area (Å²) >= 11 is 1.13. The summed E-state index contributed by atoms with van der Waals surface area (Å²) in [6, 6.07) is 5.03. The summed E-state index contributed by atoms with van der Waals surface area (Å²) in [6.07, 6.45) is 3.18. The molecular formula is C18H19N5O4S. The number of aromatic nitrogens is 3. The molecule has 9 nitrogen and oxygen atoms in total. The monoisotopic (exact) mass is 401 g/mol. The van der Waals surface area contributed by atoms with Gasteiger partial charge >= 0.3 is 0 Å². The van der Waals surface area contributed by atoms with Crippen LogP contribution in [0.15, 0.2) is 33.4 Å². The molecule has 0 saturated carbocycles. The van der Waals surface area contributed by atoms with Crippen LogP contribution in [-0.4, -0.2) is 51.1 Å². The van der Waals surface area contributed by atoms with Crippen molar-refractivity contribution in [2.45, 2.75) is 19.8 Å². The van der Waals surface area contributed by atoms with Gasteiger partial charge < -0.3 is 19.2 Å². The largest absolute Gasteiger partial charge is 0.461 e. The van der Waals surface area contributed by atoms with Gasteiger partial charge in [-0.15, -0.1) is 5.10 Å². The molecule has 0 unspecified atom stereocenters. The van der Waals surface area contributed by atoms with Crippen LogP contribution in [0.5, 0.6) is 0 Å². The van der Waals surface area contributed by atoms with Crippen molar-refractivity contribution in [2.24, 2.45) is 5.92 Å². The Bertz CT molecular complexity index is 956. The maximum absolute atomic E-state index is 12.5. The summed E-state index contributed by atoms with van der Waals surface area (Å²) in [4.78, 5) is 27.2. The molecule has 28 heavy (non-hydrogen) atoms. The molecule has 4 rings (SSSR count). The Hall–Kier alpha value is -3.01. The minimum atomic E-state index is -0.286. The number of aryl methyl sites for hydroxylation is 1. The van der Waals surface area contributed by atoms with Crippen LogP contribution in [0.4, 0.5) is 0 Å². The average molecular weight is 401 g/mol. The van der Waals surface area contributed by atoms with Crippen molar-refractivity contribution in [1.29, 1.82) is 0 Å². The fraction of sp³-hybridized carbons (Fsp3) is 0.389. The number of furan rings is 1. The number of likely N-dealkylation sites (tertiary alicyclic amines) is 1. The summed E-state index contributed by atoms with van der Waals surface area (Å²) < 4.78 is 14.2. The molecule has 0 aromatic carbocycles. The second-order valence-corrected chi connectivity index (χ2v) is 7.44. The van der Waals surface area contributed by atoms with Gasteiger partial charge in [0.15, 0.2) is 11.5 Å². The van der Waals surface area contributed by atoms with Crippen molar-refractivity contribution >= 4 is 23.3 Å². The van der Waals surface area contributed by atoms with Crippen LogP contribution in [0.1, 0.15) is 38.7 Å². The number of carbonyl (C=O) groups excluding carboxylic acids is 2. The van der Waals surface area contributed by atoms with Crippen LogP contribution in [0.3, 0.4) is 0 Å². The lowest BCUT2D eigenvalue weighted by Gasteiger charge is -2.31. The number of nitrogens with one attached hydrogen (secondary N) is 1. The Morgan fingerprint density at radius 1 is 1.32 bits per heavy atom. The van der Waals surface area contributed by atoms with Gasteiger partial charge in [-0.2, -0.15) is 0 Å². The van der Waals surface area contributed by atoms with E-state index in [-0.39, 0.29) is 17.5 Å². The topological polar surface area (TPSA) is 114 Å². The van der Waals surface area contributed by atoms with E-state index < -0.39 is 0 Å². The predicted octanol–water partition coefficient (Wildman–Crippen LogP) is 2.38. The first-order valence-corrected chi connectivity index (χ1v) is 9.76. The fourth-order valence-electron chi connectivity index (χ4n) is 3.16. The van der Waals surface area contributed by atoms with E-state index in [1.54, 1.807) is 25.1 Å². The highest BCUT2D eigenvalue weighted by atomic mass is 32.1. The number of hydrogen-bond donors (Lipinski definition) is 1. The van der Waals surface area contributed by atoms with Gasteiger partial charge in [0.1, 0.15) is 4.88 Å². The third-order valence-corrected chi connectivity index (χ3v) is 5.62. The zero-order valence-corrected chi connectivity index (χ0v) is 16.1. The Balaban J connectivity index is 1.26. The first kappa shape index (κ1) is 18.4. The Morgan fingerprint density at radius 2 is 2.14 bits per heavy atom. The van der Waals surface area contributed by atoms with E-state index in [4.69, 9.17) is 8.94 Å². The number of hydrogen-bond acceptors (Lipinski definition) is 8. The molecule has 1 fully saturated rings. The molecule has 1 aliphatic heterocycles. The van der Waals surface area contributed by atoms with Gasteiger partial charge in [0.05, 0.1) is 12.0 Å². The molecule has 0 radical (unpaired) electrons. The third-order valence-electron chi connectivity index (χ3n) is 4.81. The van der Waals surface area contributed by atoms with Crippen molar-refractivity contribution in [1.82, 2.24) is 25.0 Å². The highest BCUT2D eigenvalue weighted by molar-refractivity contribution is 7.07. The minimum absolute atomic E-state index is 0.0111. The zero-order valence-electron chi connectivity index (χ0n) is 15.3. The highest BCUT2D eigenvalue weighted by Crippen LogP contribution is 2.22. The first-order chi connectivity index (χ1) is 13.6. The number of rotatable bonds is 5. The summed E-state index contributed by atoms with van der Waals surface area (Å²) in [5, 5.41) is 10.6. The van der Waals surface area contributed by atoms with Crippen LogP contribution in [-0.2, 0) is 0 Å². The van der Waals surface area contributed by atoms with Gasteiger partial charge in [-0.3, -0.25) is 9.59 Å². The van der Waals surface area contributed by atoms with Crippen molar-refractivity contribution in [2.75, 3.05) is 19.6 Å². The van der Waals surface area contributed by atoms with Crippen molar-refractivity contribution in [3.63, 3.8) is 0 Å². The molecule has 10 heteroatoms. The molecule has 3 aromatic heterocycles. The summed E-state index contributed by atoms with van der Waals surface area (Å²) in [6.45, 7) is 3.64. The van der Waals surface area contributed by atoms with Gasteiger partial charge in [-0.05, 0) is 49.3 Å². The molecule has 4 heterocycles. The van der Waals surface area contributed by atoms with Crippen LogP contribution < -0.4 is 5.32 Å². The van der Waals surface area contributed by atoms with Crippen LogP contribution in [0.2, 0.25) is 0 Å². The molecule has 0 aliphatic carbocycles. The number of nitrogens with zero attached hydrogens (tertiary/aromatic N) is 4. The van der Waals surface area contributed by atoms with Gasteiger partial charge in [-0.25, -0.2) is 0 Å². The standard InChI is InChI=1S/C18H19N5O4S/c1-11-16(28-22-20-11)18(25)23-6-4-12(5-7-23)10-19-17(24)13-9-15(27-21-13)14-3-2-8-26-14/h2-3,8-9,12H,4-7,10H2,1H3,(H,19,24). The Kier molecular flexibility index (Phi) is 5.20. The summed E-state index contributed by atoms with van der Waals surface area (Å²) in [5.41, 5.74) is 0.887. The van der Waals surface area contributed by atoms with E-state index >= 15 is 0 Å². The quantitative estimate of drug-likeness (QED) is 0.698. The SMILES string of the molecule is Cc1nnsc1C(=O)N1CCC(CNC(=O)c2cc(-c3ccco3)on2)CC1. The van der Waals surface area contributed by atoms with Crippen LogP contribution in [0, 0.1) is 12.8 Å². The average Bonchev–Trinajstić information content (AvgIpc) is 3.46. The van der Waals surface area contributed by atoms with Crippen LogP contribution >= 0.6 is 11.5 Å². The normalized spacial score (nSPS) is 15.0. The third kappa shape index (κ3) is 3.81. The molecule has 0 bridgehead atoms. The molecule has 146 valence electrons. The minimum Gasteiger partial charge on any atom is -0.461 e. The van der Waals surface area contributed by atoms with Crippen molar-refractivity contribution < 1.29 is 18.5 Å². The maximum Gasteiger partial charge on any atom is 0.273 e. The molecule has 1 N–H and O–H groups in total. The van der Waals surface area contributed by atoms with Gasteiger partial charge in [0.2, 0.25) is 5.76 Å². The first-order valence-electron chi connectivity index (χ1n) is 8.99. The number of carbonyl (C=O) groups is 2. The Morgan fingerprint density at radius 3 is 2.82 bits per heavy atom. The molecule has 2 amide bonds. The lowest BCUT2D eigenvalue weighted by Crippen LogP contribution is -2.41. The summed E-state index contributed by atoms with van der Waals surface area (Å²) in [5.74, 6) is 0.948. The second kappa shape index (κ2) is 7.93. The summed E-state index contributed by atoms with van der Waals surface area (Å²) in [7, 11) is 0. The van der Waals surface area contributed by atoms with Gasteiger partial charge in [0, 0.05) is 25.7 Å². The van der Waals surface area contributed by atoms with E-state index in [2.05, 4.69) is 20.1 Å². The smallest absolute Gasteiger partial charge is 0.273 e. The molecule has 3 aromatic rings. The molecule has 0 atom stereocenters. The van der Waals surface area contributed by atoms with Crippen LogP contribution in [0.25, 0.3) is 11.5 Å². The van der Waals surface area contributed by atoms with E-state index in [1.165, 1.54) is 6.26 Å². The van der Waals surface area contributed by atoms with Crippen molar-refractivity contribution in [3.05, 3.63) is 40.7 Å². The second-order valence-electron chi connectivity index (χ2n) is 6.69. The molecule has 0 spiro atoms. The lowest BCUT2D eigenvalue weighted by atomic mass is 9.96. The maximum atomic E-state index is 12.5. The number of piperidine rings is 1.